The zero-order valence-corrected chi connectivity index (χ0v) is 17.8. The number of hydrogen-bond acceptors (Lipinski definition) is 3. The molecule has 3 heterocycles. The molecule has 1 atom stereocenters. The summed E-state index contributed by atoms with van der Waals surface area (Å²) >= 11 is 0. The Morgan fingerprint density at radius 1 is 1.19 bits per heavy atom. The Kier molecular flexibility index (Phi) is 4.19. The smallest absolute Gasteiger partial charge is 0.255 e. The van der Waals surface area contributed by atoms with Gasteiger partial charge in [0.15, 0.2) is 0 Å². The molecule has 1 spiro atoms. The first-order chi connectivity index (χ1) is 15.0. The lowest BCUT2D eigenvalue weighted by molar-refractivity contribution is 0.0636. The molecule has 5 heteroatoms. The molecule has 6 rings (SSSR count). The van der Waals surface area contributed by atoms with E-state index in [0.29, 0.717) is 24.9 Å². The molecule has 0 N–H and O–H groups in total. The van der Waals surface area contributed by atoms with Crippen molar-refractivity contribution in [2.45, 2.75) is 43.9 Å². The van der Waals surface area contributed by atoms with E-state index < -0.39 is 6.17 Å². The predicted octanol–water partition coefficient (Wildman–Crippen LogP) is 4.91. The first-order valence-electron chi connectivity index (χ1n) is 11.2. The molecule has 2 fully saturated rings. The third-order valence-corrected chi connectivity index (χ3v) is 7.39. The molecule has 0 bridgehead atoms. The average molecular weight is 416 g/mol. The van der Waals surface area contributed by atoms with Crippen LogP contribution in [-0.2, 0) is 12.1 Å². The van der Waals surface area contributed by atoms with Gasteiger partial charge in [0, 0.05) is 35.8 Å². The van der Waals surface area contributed by atoms with Crippen molar-refractivity contribution >= 4 is 16.8 Å². The molecule has 1 aliphatic carbocycles. The number of piperidine rings is 1. The zero-order valence-electron chi connectivity index (χ0n) is 17.8. The van der Waals surface area contributed by atoms with E-state index in [1.807, 2.05) is 18.2 Å². The largest absolute Gasteiger partial charge is 0.336 e. The molecular formula is C26H26FN3O. The maximum Gasteiger partial charge on any atom is 0.255 e. The van der Waals surface area contributed by atoms with Gasteiger partial charge in [-0.05, 0) is 61.6 Å². The fraction of sp³-hybridized carbons (Fsp3) is 0.385. The van der Waals surface area contributed by atoms with Gasteiger partial charge in [-0.1, -0.05) is 30.3 Å². The summed E-state index contributed by atoms with van der Waals surface area (Å²) in [6.45, 7) is 1.82. The molecule has 1 unspecified atom stereocenters. The van der Waals surface area contributed by atoms with Gasteiger partial charge in [0.1, 0.15) is 6.17 Å². The van der Waals surface area contributed by atoms with E-state index in [1.165, 1.54) is 29.5 Å². The van der Waals surface area contributed by atoms with Gasteiger partial charge in [-0.2, -0.15) is 0 Å². The van der Waals surface area contributed by atoms with E-state index in [2.05, 4.69) is 36.2 Å². The monoisotopic (exact) mass is 415 g/mol. The summed E-state index contributed by atoms with van der Waals surface area (Å²) in [5.41, 5.74) is 6.83. The first-order valence-corrected chi connectivity index (χ1v) is 11.2. The molecule has 1 amide bonds. The highest BCUT2D eigenvalue weighted by Crippen LogP contribution is 2.56. The molecule has 2 aromatic carbocycles. The Morgan fingerprint density at radius 2 is 2.06 bits per heavy atom. The quantitative estimate of drug-likeness (QED) is 0.597. The highest BCUT2D eigenvalue weighted by molar-refractivity contribution is 6.00. The van der Waals surface area contributed by atoms with Crippen LogP contribution in [0.3, 0.4) is 0 Å². The van der Waals surface area contributed by atoms with Gasteiger partial charge in [-0.15, -0.1) is 0 Å². The van der Waals surface area contributed by atoms with Gasteiger partial charge in [0.25, 0.3) is 5.91 Å². The van der Waals surface area contributed by atoms with Gasteiger partial charge in [-0.25, -0.2) is 4.39 Å². The summed E-state index contributed by atoms with van der Waals surface area (Å²) in [5, 5.41) is 0.941. The third-order valence-electron chi connectivity index (χ3n) is 7.39. The number of carbonyl (C=O) groups is 1. The van der Waals surface area contributed by atoms with Crippen LogP contribution in [0.2, 0.25) is 0 Å². The van der Waals surface area contributed by atoms with Gasteiger partial charge in [0.05, 0.1) is 17.6 Å². The van der Waals surface area contributed by atoms with Crippen molar-refractivity contribution in [2.75, 3.05) is 20.1 Å². The van der Waals surface area contributed by atoms with Crippen LogP contribution in [0.25, 0.3) is 22.0 Å². The number of rotatable bonds is 2. The van der Waals surface area contributed by atoms with Crippen LogP contribution < -0.4 is 0 Å². The number of aromatic nitrogens is 1. The number of hydrogen-bond donors (Lipinski definition) is 0. The lowest BCUT2D eigenvalue weighted by atomic mass is 9.95. The van der Waals surface area contributed by atoms with Crippen molar-refractivity contribution < 1.29 is 9.18 Å². The first kappa shape index (κ1) is 18.9. The Balaban J connectivity index is 1.37. The van der Waals surface area contributed by atoms with Gasteiger partial charge in [-0.3, -0.25) is 14.7 Å². The Hall–Kier alpha value is -2.79. The number of benzene rings is 2. The lowest BCUT2D eigenvalue weighted by Gasteiger charge is -2.29. The minimum atomic E-state index is -0.925. The number of halogens is 1. The molecule has 2 aliphatic heterocycles. The van der Waals surface area contributed by atoms with E-state index in [4.69, 9.17) is 4.98 Å². The molecule has 1 saturated heterocycles. The molecule has 1 saturated carbocycles. The molecular weight excluding hydrogens is 389 g/mol. The van der Waals surface area contributed by atoms with Gasteiger partial charge in [0.2, 0.25) is 0 Å². The van der Waals surface area contributed by atoms with Crippen LogP contribution in [0.5, 0.6) is 0 Å². The molecule has 1 aromatic heterocycles. The number of carbonyl (C=O) groups excluding carboxylic acids is 1. The van der Waals surface area contributed by atoms with Crippen LogP contribution in [0.15, 0.2) is 48.7 Å². The Morgan fingerprint density at radius 3 is 2.87 bits per heavy atom. The number of para-hydroxylation sites is 1. The molecule has 4 nitrogen and oxygen atoms in total. The van der Waals surface area contributed by atoms with Crippen molar-refractivity contribution in [3.05, 3.63) is 65.4 Å². The standard InChI is InChI=1S/C26H26FN3O/c1-29-15-19-8-7-17(13-23(19)26(29)9-10-26)22-6-2-4-18-12-20(14-28-24(18)22)25(31)30-11-3-5-21(27)16-30/h2,4,6-8,12-14,21H,3,5,9-11,15-16H2,1H3. The van der Waals surface area contributed by atoms with E-state index >= 15 is 0 Å². The topological polar surface area (TPSA) is 36.4 Å². The second-order valence-corrected chi connectivity index (χ2v) is 9.35. The summed E-state index contributed by atoms with van der Waals surface area (Å²) in [6, 6.07) is 14.8. The lowest BCUT2D eigenvalue weighted by Crippen LogP contribution is -2.40. The highest BCUT2D eigenvalue weighted by Gasteiger charge is 2.52. The van der Waals surface area contributed by atoms with Crippen molar-refractivity contribution in [3.63, 3.8) is 0 Å². The summed E-state index contributed by atoms with van der Waals surface area (Å²) < 4.78 is 13.8. The Labute approximate surface area is 181 Å². The van der Waals surface area contributed by atoms with E-state index in [0.717, 1.165) is 23.0 Å². The molecule has 158 valence electrons. The highest BCUT2D eigenvalue weighted by atomic mass is 19.1. The number of nitrogens with zero attached hydrogens (tertiary/aromatic N) is 3. The van der Waals surface area contributed by atoms with Crippen molar-refractivity contribution in [1.82, 2.24) is 14.8 Å². The summed E-state index contributed by atoms with van der Waals surface area (Å²) in [5.74, 6) is -0.126. The minimum absolute atomic E-state index is 0.126. The molecule has 3 aliphatic rings. The van der Waals surface area contributed by atoms with Crippen LogP contribution in [0.1, 0.15) is 47.2 Å². The summed E-state index contributed by atoms with van der Waals surface area (Å²) in [4.78, 5) is 21.7. The fourth-order valence-electron chi connectivity index (χ4n) is 5.50. The molecule has 0 radical (unpaired) electrons. The number of fused-ring (bicyclic) bond motifs is 3. The van der Waals surface area contributed by atoms with Crippen molar-refractivity contribution in [3.8, 4) is 11.1 Å². The van der Waals surface area contributed by atoms with Gasteiger partial charge >= 0.3 is 0 Å². The van der Waals surface area contributed by atoms with E-state index in [1.54, 1.807) is 11.1 Å². The third kappa shape index (κ3) is 2.98. The van der Waals surface area contributed by atoms with E-state index in [-0.39, 0.29) is 18.0 Å². The van der Waals surface area contributed by atoms with Gasteiger partial charge < -0.3 is 4.90 Å². The number of alkyl halides is 1. The average Bonchev–Trinajstić information content (AvgIpc) is 3.55. The number of likely N-dealkylation sites (tertiary alicyclic amines) is 1. The van der Waals surface area contributed by atoms with Crippen LogP contribution in [0, 0.1) is 0 Å². The maximum absolute atomic E-state index is 13.8. The summed E-state index contributed by atoms with van der Waals surface area (Å²) in [7, 11) is 2.22. The summed E-state index contributed by atoms with van der Waals surface area (Å²) in [6.07, 6.45) is 4.45. The van der Waals surface area contributed by atoms with E-state index in [9.17, 15) is 9.18 Å². The maximum atomic E-state index is 13.8. The Bertz CT molecular complexity index is 1200. The minimum Gasteiger partial charge on any atom is -0.336 e. The molecule has 31 heavy (non-hydrogen) atoms. The van der Waals surface area contributed by atoms with Crippen molar-refractivity contribution in [2.24, 2.45) is 0 Å². The number of pyridine rings is 1. The predicted molar refractivity (Wildman–Crippen MR) is 120 cm³/mol. The van der Waals surface area contributed by atoms with Crippen LogP contribution in [0.4, 0.5) is 4.39 Å². The fourth-order valence-corrected chi connectivity index (χ4v) is 5.50. The second kappa shape index (κ2) is 6.86. The van der Waals surface area contributed by atoms with Crippen LogP contribution in [-0.4, -0.2) is 47.0 Å². The normalized spacial score (nSPS) is 22.1. The zero-order chi connectivity index (χ0) is 21.2. The second-order valence-electron chi connectivity index (χ2n) is 9.35. The molecule has 3 aromatic rings. The van der Waals surface area contributed by atoms with Crippen LogP contribution >= 0.6 is 0 Å². The van der Waals surface area contributed by atoms with Crippen molar-refractivity contribution in [1.29, 1.82) is 0 Å². The number of amides is 1. The SMILES string of the molecule is CN1Cc2ccc(-c3cccc4cc(C(=O)N5CCCC(F)C5)cnc34)cc2C12CC2.